The van der Waals surface area contributed by atoms with E-state index < -0.39 is 43.8 Å². The lowest BCUT2D eigenvalue weighted by Gasteiger charge is -2.22. The Hall–Kier alpha value is -1.42. The van der Waals surface area contributed by atoms with Crippen LogP contribution in [0.5, 0.6) is 0 Å². The first kappa shape index (κ1) is 16.0. The van der Waals surface area contributed by atoms with Crippen molar-refractivity contribution in [1.29, 1.82) is 0 Å². The number of hydrogen-bond acceptors (Lipinski definition) is 5. The lowest BCUT2D eigenvalue weighted by atomic mass is 10.2. The van der Waals surface area contributed by atoms with Crippen LogP contribution < -0.4 is 11.5 Å². The highest BCUT2D eigenvalue weighted by molar-refractivity contribution is 7.89. The molecule has 1 aliphatic heterocycles. The van der Waals surface area contributed by atoms with Crippen LogP contribution in [0.4, 0.5) is 10.1 Å². The fraction of sp³-hybridized carbons (Fsp3) is 0.364. The number of nitrogens with zero attached hydrogens (tertiary/aromatic N) is 1. The van der Waals surface area contributed by atoms with Gasteiger partial charge in [0.2, 0.25) is 15.9 Å². The number of aliphatic hydroxyl groups is 1. The SMILES string of the molecule is NC(=O)C1CC(O)CN1S(=O)(=O)c1cc(N)cc(Cl)c1F. The molecular weight excluding hydrogens is 325 g/mol. The van der Waals surface area contributed by atoms with E-state index in [0.717, 1.165) is 12.1 Å². The van der Waals surface area contributed by atoms with E-state index in [0.29, 0.717) is 4.31 Å². The fourth-order valence-electron chi connectivity index (χ4n) is 2.21. The summed E-state index contributed by atoms with van der Waals surface area (Å²) in [6.45, 7) is -0.359. The normalized spacial score (nSPS) is 23.4. The Kier molecular flexibility index (Phi) is 4.11. The summed E-state index contributed by atoms with van der Waals surface area (Å²) in [7, 11) is -4.41. The first-order chi connectivity index (χ1) is 9.64. The zero-order valence-corrected chi connectivity index (χ0v) is 12.2. The lowest BCUT2D eigenvalue weighted by molar-refractivity contribution is -0.121. The van der Waals surface area contributed by atoms with Crippen molar-refractivity contribution in [2.45, 2.75) is 23.5 Å². The molecule has 0 bridgehead atoms. The number of amides is 1. The van der Waals surface area contributed by atoms with Crippen molar-refractivity contribution < 1.29 is 22.7 Å². The summed E-state index contributed by atoms with van der Waals surface area (Å²) in [5.74, 6) is -2.10. The van der Waals surface area contributed by atoms with Crippen LogP contribution >= 0.6 is 11.6 Å². The van der Waals surface area contributed by atoms with Gasteiger partial charge in [-0.2, -0.15) is 4.31 Å². The van der Waals surface area contributed by atoms with E-state index in [1.54, 1.807) is 0 Å². The number of sulfonamides is 1. The number of carbonyl (C=O) groups excluding carboxylic acids is 1. The molecule has 5 N–H and O–H groups in total. The molecule has 0 aliphatic carbocycles. The Morgan fingerprint density at radius 1 is 1.48 bits per heavy atom. The topological polar surface area (TPSA) is 127 Å². The summed E-state index contributed by atoms with van der Waals surface area (Å²) in [6.07, 6.45) is -1.21. The van der Waals surface area contributed by atoms with Gasteiger partial charge < -0.3 is 16.6 Å². The van der Waals surface area contributed by atoms with Gasteiger partial charge in [-0.1, -0.05) is 11.6 Å². The predicted octanol–water partition coefficient (Wildman–Crippen LogP) is -0.330. The van der Waals surface area contributed by atoms with Gasteiger partial charge >= 0.3 is 0 Å². The van der Waals surface area contributed by atoms with E-state index in [2.05, 4.69) is 0 Å². The van der Waals surface area contributed by atoms with Gasteiger partial charge in [0.15, 0.2) is 5.82 Å². The Labute approximate surface area is 125 Å². The number of rotatable bonds is 3. The first-order valence-corrected chi connectivity index (χ1v) is 7.70. The van der Waals surface area contributed by atoms with E-state index in [1.807, 2.05) is 0 Å². The van der Waals surface area contributed by atoms with Crippen molar-refractivity contribution in [3.05, 3.63) is 23.0 Å². The third-order valence-electron chi connectivity index (χ3n) is 3.17. The van der Waals surface area contributed by atoms with Crippen LogP contribution in [0.3, 0.4) is 0 Å². The highest BCUT2D eigenvalue weighted by Crippen LogP contribution is 2.31. The molecule has 0 saturated carbocycles. The third-order valence-corrected chi connectivity index (χ3v) is 5.31. The number of benzene rings is 1. The number of halogens is 2. The molecule has 2 atom stereocenters. The van der Waals surface area contributed by atoms with E-state index in [1.165, 1.54) is 0 Å². The number of nitrogen functional groups attached to an aromatic ring is 1. The molecule has 1 saturated heterocycles. The van der Waals surface area contributed by atoms with E-state index in [-0.39, 0.29) is 18.7 Å². The predicted molar refractivity (Wildman–Crippen MR) is 73.3 cm³/mol. The Morgan fingerprint density at radius 3 is 2.67 bits per heavy atom. The minimum atomic E-state index is -4.41. The summed E-state index contributed by atoms with van der Waals surface area (Å²) in [6, 6.07) is 0.726. The minimum absolute atomic E-state index is 0.0460. The van der Waals surface area contributed by atoms with Crippen LogP contribution in [0.1, 0.15) is 6.42 Å². The zero-order chi connectivity index (χ0) is 15.9. The van der Waals surface area contributed by atoms with Crippen molar-refractivity contribution in [3.63, 3.8) is 0 Å². The standard InChI is InChI=1S/C11H13ClFN3O4S/c12-7-1-5(14)2-9(10(7)13)21(19,20)16-4-6(17)3-8(16)11(15)18/h1-2,6,8,17H,3-4,14H2,(H2,15,18). The highest BCUT2D eigenvalue weighted by atomic mass is 35.5. The summed E-state index contributed by atoms with van der Waals surface area (Å²) < 4.78 is 39.6. The van der Waals surface area contributed by atoms with Crippen molar-refractivity contribution in [3.8, 4) is 0 Å². The first-order valence-electron chi connectivity index (χ1n) is 5.88. The molecule has 1 amide bonds. The van der Waals surface area contributed by atoms with Gasteiger partial charge in [0.1, 0.15) is 10.9 Å². The van der Waals surface area contributed by atoms with Crippen LogP contribution in [0, 0.1) is 5.82 Å². The molecule has 1 heterocycles. The molecule has 1 aliphatic rings. The molecule has 1 fully saturated rings. The maximum absolute atomic E-state index is 14.0. The van der Waals surface area contributed by atoms with Crippen LogP contribution in [0.25, 0.3) is 0 Å². The number of β-amino-alcohol motifs (C(OH)–C–C–N with tert-alkyl or cyclic N) is 1. The molecule has 10 heteroatoms. The number of nitrogens with two attached hydrogens (primary N) is 2. The highest BCUT2D eigenvalue weighted by Gasteiger charge is 2.43. The Morgan fingerprint density at radius 2 is 2.10 bits per heavy atom. The number of hydrogen-bond donors (Lipinski definition) is 3. The second-order valence-electron chi connectivity index (χ2n) is 4.70. The lowest BCUT2D eigenvalue weighted by Crippen LogP contribution is -2.43. The largest absolute Gasteiger partial charge is 0.399 e. The van der Waals surface area contributed by atoms with Gasteiger partial charge in [-0.15, -0.1) is 0 Å². The summed E-state index contributed by atoms with van der Waals surface area (Å²) in [5, 5.41) is 9.09. The molecule has 0 aromatic heterocycles. The van der Waals surface area contributed by atoms with E-state index in [9.17, 15) is 22.7 Å². The second kappa shape index (κ2) is 5.41. The van der Waals surface area contributed by atoms with Gasteiger partial charge in [-0.05, 0) is 12.1 Å². The van der Waals surface area contributed by atoms with Crippen molar-refractivity contribution in [1.82, 2.24) is 4.31 Å². The molecular formula is C11H13ClFN3O4S. The van der Waals surface area contributed by atoms with E-state index in [4.69, 9.17) is 23.1 Å². The molecule has 0 spiro atoms. The zero-order valence-electron chi connectivity index (χ0n) is 10.7. The van der Waals surface area contributed by atoms with Crippen molar-refractivity contribution in [2.75, 3.05) is 12.3 Å². The maximum Gasteiger partial charge on any atom is 0.246 e. The molecule has 2 unspecified atom stereocenters. The van der Waals surface area contributed by atoms with Crippen LogP contribution in [-0.2, 0) is 14.8 Å². The monoisotopic (exact) mass is 337 g/mol. The minimum Gasteiger partial charge on any atom is -0.399 e. The maximum atomic E-state index is 14.0. The third kappa shape index (κ3) is 2.82. The van der Waals surface area contributed by atoms with Crippen LogP contribution in [0.15, 0.2) is 17.0 Å². The molecule has 116 valence electrons. The molecule has 2 rings (SSSR count). The van der Waals surface area contributed by atoms with Crippen LogP contribution in [0.2, 0.25) is 5.02 Å². The van der Waals surface area contributed by atoms with Crippen molar-refractivity contribution >= 4 is 33.2 Å². The average Bonchev–Trinajstić information content (AvgIpc) is 2.76. The molecule has 1 aromatic carbocycles. The van der Waals surface area contributed by atoms with Gasteiger partial charge in [-0.3, -0.25) is 4.79 Å². The van der Waals surface area contributed by atoms with Crippen LogP contribution in [-0.4, -0.2) is 42.4 Å². The molecule has 1 aromatic rings. The Balaban J connectivity index is 2.54. The van der Waals surface area contributed by atoms with Gasteiger partial charge in [-0.25, -0.2) is 12.8 Å². The number of anilines is 1. The Bertz CT molecular complexity index is 697. The fourth-order valence-corrected chi connectivity index (χ4v) is 4.26. The molecule has 7 nitrogen and oxygen atoms in total. The van der Waals surface area contributed by atoms with Crippen molar-refractivity contribution in [2.24, 2.45) is 5.73 Å². The smallest absolute Gasteiger partial charge is 0.246 e. The molecule has 0 radical (unpaired) electrons. The summed E-state index contributed by atoms with van der Waals surface area (Å²) >= 11 is 5.58. The number of carbonyl (C=O) groups is 1. The van der Waals surface area contributed by atoms with Gasteiger partial charge in [0, 0.05) is 18.7 Å². The second-order valence-corrected chi connectivity index (χ2v) is 6.96. The quantitative estimate of drug-likeness (QED) is 0.651. The number of primary amides is 1. The molecule has 21 heavy (non-hydrogen) atoms. The summed E-state index contributed by atoms with van der Waals surface area (Å²) in [4.78, 5) is 10.6. The van der Waals surface area contributed by atoms with Gasteiger partial charge in [0.25, 0.3) is 0 Å². The van der Waals surface area contributed by atoms with E-state index >= 15 is 0 Å². The summed E-state index contributed by atoms with van der Waals surface area (Å²) in [5.41, 5.74) is 10.5. The number of aliphatic hydroxyl groups excluding tert-OH is 1. The average molecular weight is 338 g/mol. The van der Waals surface area contributed by atoms with Gasteiger partial charge in [0.05, 0.1) is 11.1 Å².